The van der Waals surface area contributed by atoms with Crippen LogP contribution >= 0.6 is 0 Å². The predicted octanol–water partition coefficient (Wildman–Crippen LogP) is 1.57. The molecule has 2 aromatic heterocycles. The lowest BCUT2D eigenvalue weighted by molar-refractivity contribution is 0.193. The molecule has 6 nitrogen and oxygen atoms in total. The molecule has 104 valence electrons. The predicted molar refractivity (Wildman–Crippen MR) is 76.2 cm³/mol. The van der Waals surface area contributed by atoms with Crippen LogP contribution in [-0.2, 0) is 11.3 Å². The van der Waals surface area contributed by atoms with Crippen molar-refractivity contribution in [1.29, 1.82) is 0 Å². The van der Waals surface area contributed by atoms with Crippen molar-refractivity contribution in [2.24, 2.45) is 0 Å². The topological polar surface area (TPSA) is 86.0 Å². The van der Waals surface area contributed by atoms with Crippen molar-refractivity contribution in [1.82, 2.24) is 15.0 Å². The first kappa shape index (κ1) is 12.8. The van der Waals surface area contributed by atoms with Gasteiger partial charge in [-0.25, -0.2) is 15.0 Å². The number of anilines is 2. The largest absolute Gasteiger partial charge is 0.383 e. The molecule has 0 unspecified atom stereocenters. The van der Waals surface area contributed by atoms with E-state index in [1.54, 1.807) is 12.5 Å². The van der Waals surface area contributed by atoms with Crippen LogP contribution in [0.5, 0.6) is 0 Å². The second-order valence-corrected chi connectivity index (χ2v) is 4.79. The Morgan fingerprint density at radius 1 is 1.35 bits per heavy atom. The number of nitrogen functional groups attached to an aromatic ring is 1. The Morgan fingerprint density at radius 2 is 2.30 bits per heavy atom. The van der Waals surface area contributed by atoms with Crippen LogP contribution < -0.4 is 11.1 Å². The average molecular weight is 271 g/mol. The third-order valence-corrected chi connectivity index (χ3v) is 3.42. The minimum Gasteiger partial charge on any atom is -0.383 e. The number of ether oxygens (including phenoxy) is 1. The Labute approximate surface area is 117 Å². The molecule has 0 radical (unpaired) electrons. The summed E-state index contributed by atoms with van der Waals surface area (Å²) < 4.78 is 5.39. The van der Waals surface area contributed by atoms with E-state index in [2.05, 4.69) is 20.3 Å². The molecule has 1 aliphatic heterocycles. The molecule has 0 amide bonds. The number of rotatable bonds is 4. The molecule has 1 aliphatic rings. The number of nitrogens with one attached hydrogen (secondary N) is 1. The quantitative estimate of drug-likeness (QED) is 0.878. The van der Waals surface area contributed by atoms with Crippen molar-refractivity contribution in [2.45, 2.75) is 18.9 Å². The maximum Gasteiger partial charge on any atom is 0.129 e. The van der Waals surface area contributed by atoms with Gasteiger partial charge in [-0.05, 0) is 12.5 Å². The second-order valence-electron chi connectivity index (χ2n) is 4.79. The van der Waals surface area contributed by atoms with Crippen molar-refractivity contribution in [3.63, 3.8) is 0 Å². The van der Waals surface area contributed by atoms with Gasteiger partial charge in [-0.15, -0.1) is 0 Å². The minimum atomic E-state index is 0.377. The number of nitrogens with two attached hydrogens (primary N) is 1. The fraction of sp³-hybridized carbons (Fsp3) is 0.357. The van der Waals surface area contributed by atoms with Gasteiger partial charge < -0.3 is 15.8 Å². The molecule has 2 aromatic rings. The summed E-state index contributed by atoms with van der Waals surface area (Å²) >= 11 is 0. The molecule has 1 atom stereocenters. The molecular formula is C14H17N5O. The van der Waals surface area contributed by atoms with Gasteiger partial charge in [0.15, 0.2) is 0 Å². The zero-order valence-electron chi connectivity index (χ0n) is 11.1. The molecule has 3 rings (SSSR count). The lowest BCUT2D eigenvalue weighted by Gasteiger charge is -2.10. The molecule has 0 bridgehead atoms. The van der Waals surface area contributed by atoms with E-state index in [0.717, 1.165) is 36.7 Å². The van der Waals surface area contributed by atoms with Crippen LogP contribution in [0, 0.1) is 0 Å². The zero-order valence-corrected chi connectivity index (χ0v) is 11.1. The van der Waals surface area contributed by atoms with Gasteiger partial charge in [0.2, 0.25) is 0 Å². The van der Waals surface area contributed by atoms with Crippen LogP contribution in [0.15, 0.2) is 30.7 Å². The van der Waals surface area contributed by atoms with Gasteiger partial charge in [-0.3, -0.25) is 0 Å². The first-order valence-electron chi connectivity index (χ1n) is 6.66. The van der Waals surface area contributed by atoms with E-state index >= 15 is 0 Å². The van der Waals surface area contributed by atoms with Crippen LogP contribution in [-0.4, -0.2) is 28.2 Å². The fourth-order valence-electron chi connectivity index (χ4n) is 2.25. The summed E-state index contributed by atoms with van der Waals surface area (Å²) in [7, 11) is 0. The molecule has 20 heavy (non-hydrogen) atoms. The smallest absolute Gasteiger partial charge is 0.129 e. The van der Waals surface area contributed by atoms with Gasteiger partial charge in [-0.1, -0.05) is 6.07 Å². The summed E-state index contributed by atoms with van der Waals surface area (Å²) in [6.45, 7) is 2.15. The van der Waals surface area contributed by atoms with Crippen LogP contribution in [0.4, 0.5) is 11.6 Å². The molecule has 0 saturated carbocycles. The number of pyridine rings is 1. The van der Waals surface area contributed by atoms with Crippen molar-refractivity contribution < 1.29 is 4.74 Å². The maximum atomic E-state index is 5.81. The monoisotopic (exact) mass is 271 g/mol. The molecule has 1 fully saturated rings. The maximum absolute atomic E-state index is 5.81. The molecule has 0 spiro atoms. The van der Waals surface area contributed by atoms with E-state index in [1.807, 2.05) is 18.2 Å². The van der Waals surface area contributed by atoms with Crippen LogP contribution in [0.3, 0.4) is 0 Å². The Kier molecular flexibility index (Phi) is 3.73. The highest BCUT2D eigenvalue weighted by molar-refractivity contribution is 5.43. The molecular weight excluding hydrogens is 254 g/mol. The van der Waals surface area contributed by atoms with E-state index in [0.29, 0.717) is 18.3 Å². The molecule has 0 aromatic carbocycles. The summed E-state index contributed by atoms with van der Waals surface area (Å²) in [5, 5.41) is 3.25. The number of aromatic nitrogens is 3. The highest BCUT2D eigenvalue weighted by Gasteiger charge is 2.19. The highest BCUT2D eigenvalue weighted by Crippen LogP contribution is 2.24. The Bertz CT molecular complexity index is 583. The van der Waals surface area contributed by atoms with Crippen LogP contribution in [0.1, 0.15) is 23.6 Å². The lowest BCUT2D eigenvalue weighted by Crippen LogP contribution is -2.07. The molecule has 3 heterocycles. The van der Waals surface area contributed by atoms with E-state index in [4.69, 9.17) is 10.5 Å². The number of hydrogen-bond acceptors (Lipinski definition) is 6. The van der Waals surface area contributed by atoms with E-state index < -0.39 is 0 Å². The average Bonchev–Trinajstić information content (AvgIpc) is 3.01. The SMILES string of the molecule is Nc1ncccc1CNc1cc([C@@H]2CCOC2)ncn1. The summed E-state index contributed by atoms with van der Waals surface area (Å²) in [6, 6.07) is 5.79. The van der Waals surface area contributed by atoms with Gasteiger partial charge in [0.1, 0.15) is 18.0 Å². The first-order chi connectivity index (χ1) is 9.83. The van der Waals surface area contributed by atoms with Gasteiger partial charge in [0.25, 0.3) is 0 Å². The Hall–Kier alpha value is -2.21. The van der Waals surface area contributed by atoms with Crippen molar-refractivity contribution in [3.8, 4) is 0 Å². The van der Waals surface area contributed by atoms with Gasteiger partial charge in [-0.2, -0.15) is 0 Å². The van der Waals surface area contributed by atoms with E-state index in [9.17, 15) is 0 Å². The highest BCUT2D eigenvalue weighted by atomic mass is 16.5. The third-order valence-electron chi connectivity index (χ3n) is 3.42. The fourth-order valence-corrected chi connectivity index (χ4v) is 2.25. The Balaban J connectivity index is 1.68. The van der Waals surface area contributed by atoms with Gasteiger partial charge >= 0.3 is 0 Å². The molecule has 0 aliphatic carbocycles. The second kappa shape index (κ2) is 5.83. The van der Waals surface area contributed by atoms with Crippen LogP contribution in [0.2, 0.25) is 0 Å². The summed E-state index contributed by atoms with van der Waals surface area (Å²) in [5.41, 5.74) is 7.80. The van der Waals surface area contributed by atoms with Gasteiger partial charge in [0, 0.05) is 36.9 Å². The number of hydrogen-bond donors (Lipinski definition) is 2. The van der Waals surface area contributed by atoms with Crippen molar-refractivity contribution >= 4 is 11.6 Å². The summed E-state index contributed by atoms with van der Waals surface area (Å²) in [5.74, 6) is 1.71. The number of nitrogens with zero attached hydrogens (tertiary/aromatic N) is 3. The summed E-state index contributed by atoms with van der Waals surface area (Å²) in [4.78, 5) is 12.6. The van der Waals surface area contributed by atoms with E-state index in [1.165, 1.54) is 0 Å². The lowest BCUT2D eigenvalue weighted by atomic mass is 10.1. The van der Waals surface area contributed by atoms with E-state index in [-0.39, 0.29) is 0 Å². The molecule has 6 heteroatoms. The van der Waals surface area contributed by atoms with Crippen LogP contribution in [0.25, 0.3) is 0 Å². The third kappa shape index (κ3) is 2.85. The van der Waals surface area contributed by atoms with Gasteiger partial charge in [0.05, 0.1) is 12.3 Å². The standard InChI is InChI=1S/C14H17N5O/c15-14-10(2-1-4-16-14)7-17-13-6-12(18-9-19-13)11-3-5-20-8-11/h1-2,4,6,9,11H,3,5,7-8H2,(H2,15,16)(H,17,18,19)/t11-/m1/s1. The molecule has 1 saturated heterocycles. The minimum absolute atomic E-state index is 0.377. The van der Waals surface area contributed by atoms with Crippen molar-refractivity contribution in [3.05, 3.63) is 42.0 Å². The first-order valence-corrected chi connectivity index (χ1v) is 6.66. The van der Waals surface area contributed by atoms with Crippen molar-refractivity contribution in [2.75, 3.05) is 24.3 Å². The zero-order chi connectivity index (χ0) is 13.8. The summed E-state index contributed by atoms with van der Waals surface area (Å²) in [6.07, 6.45) is 4.29. The molecule has 3 N–H and O–H groups in total. The Morgan fingerprint density at radius 3 is 3.10 bits per heavy atom. The normalized spacial score (nSPS) is 18.1.